The molecule has 104 valence electrons. The van der Waals surface area contributed by atoms with Crippen molar-refractivity contribution in [3.8, 4) is 11.1 Å². The van der Waals surface area contributed by atoms with E-state index in [1.165, 1.54) is 16.7 Å². The highest BCUT2D eigenvalue weighted by Gasteiger charge is 2.15. The number of rotatable bonds is 2. The molecule has 1 saturated heterocycles. The average molecular weight is 267 g/mol. The second kappa shape index (κ2) is 5.63. The highest BCUT2D eigenvalue weighted by atomic mass is 15.3. The predicted octanol–water partition coefficient (Wildman–Crippen LogP) is 2.81. The summed E-state index contributed by atoms with van der Waals surface area (Å²) in [6, 6.07) is 12.8. The van der Waals surface area contributed by atoms with Crippen molar-refractivity contribution in [1.82, 2.24) is 9.88 Å². The molecule has 0 bridgehead atoms. The van der Waals surface area contributed by atoms with Gasteiger partial charge >= 0.3 is 0 Å². The first kappa shape index (κ1) is 13.1. The summed E-state index contributed by atoms with van der Waals surface area (Å²) in [5.74, 6) is 1.09. The Kier molecular flexibility index (Phi) is 3.70. The van der Waals surface area contributed by atoms with Gasteiger partial charge in [0.05, 0.1) is 0 Å². The molecule has 1 aliphatic heterocycles. The van der Waals surface area contributed by atoms with E-state index in [9.17, 15) is 0 Å². The van der Waals surface area contributed by atoms with Crippen molar-refractivity contribution in [2.24, 2.45) is 0 Å². The lowest BCUT2D eigenvalue weighted by molar-refractivity contribution is 0.312. The summed E-state index contributed by atoms with van der Waals surface area (Å²) in [6.45, 7) is 6.49. The number of hydrogen-bond acceptors (Lipinski definition) is 3. The quantitative estimate of drug-likeness (QED) is 0.834. The predicted molar refractivity (Wildman–Crippen MR) is 84.1 cm³/mol. The normalized spacial score (nSPS) is 16.4. The van der Waals surface area contributed by atoms with E-state index >= 15 is 0 Å². The first-order valence-electron chi connectivity index (χ1n) is 7.19. The third kappa shape index (κ3) is 2.68. The molecule has 0 saturated carbocycles. The lowest BCUT2D eigenvalue weighted by atomic mass is 10.0. The summed E-state index contributed by atoms with van der Waals surface area (Å²) in [4.78, 5) is 9.37. The van der Waals surface area contributed by atoms with Gasteiger partial charge in [-0.15, -0.1) is 0 Å². The van der Waals surface area contributed by atoms with E-state index in [0.29, 0.717) is 0 Å². The Balaban J connectivity index is 1.80. The average Bonchev–Trinajstić information content (AvgIpc) is 2.49. The fourth-order valence-electron chi connectivity index (χ4n) is 2.66. The number of nitrogens with zero attached hydrogens (tertiary/aromatic N) is 3. The molecule has 0 atom stereocenters. The van der Waals surface area contributed by atoms with Crippen molar-refractivity contribution >= 4 is 5.82 Å². The van der Waals surface area contributed by atoms with Crippen molar-refractivity contribution in [2.45, 2.75) is 6.92 Å². The summed E-state index contributed by atoms with van der Waals surface area (Å²) < 4.78 is 0. The van der Waals surface area contributed by atoms with Crippen LogP contribution in [0.25, 0.3) is 11.1 Å². The molecule has 3 nitrogen and oxygen atoms in total. The molecule has 0 aliphatic carbocycles. The highest BCUT2D eigenvalue weighted by molar-refractivity contribution is 5.67. The monoisotopic (exact) mass is 267 g/mol. The van der Waals surface area contributed by atoms with Gasteiger partial charge in [0.1, 0.15) is 5.82 Å². The Morgan fingerprint density at radius 2 is 1.70 bits per heavy atom. The van der Waals surface area contributed by atoms with Crippen LogP contribution in [0, 0.1) is 6.92 Å². The van der Waals surface area contributed by atoms with Gasteiger partial charge in [0.2, 0.25) is 0 Å². The number of pyridine rings is 1. The maximum atomic E-state index is 4.65. The standard InChI is InChI=1S/C17H21N3/c1-14-5-3-4-6-16(14)15-7-8-17(18-13-15)20-11-9-19(2)10-12-20/h3-8,13H,9-12H2,1-2H3. The molecule has 1 aliphatic rings. The summed E-state index contributed by atoms with van der Waals surface area (Å²) >= 11 is 0. The molecule has 3 rings (SSSR count). The summed E-state index contributed by atoms with van der Waals surface area (Å²) in [6.07, 6.45) is 2.00. The van der Waals surface area contributed by atoms with Crippen LogP contribution in [-0.4, -0.2) is 43.1 Å². The minimum atomic E-state index is 1.06. The molecule has 1 aromatic carbocycles. The second-order valence-electron chi connectivity index (χ2n) is 5.51. The second-order valence-corrected chi connectivity index (χ2v) is 5.51. The maximum absolute atomic E-state index is 4.65. The van der Waals surface area contributed by atoms with Gasteiger partial charge in [0.15, 0.2) is 0 Å². The first-order valence-corrected chi connectivity index (χ1v) is 7.19. The number of piperazine rings is 1. The Morgan fingerprint density at radius 3 is 2.35 bits per heavy atom. The Bertz CT molecular complexity index is 569. The molecule has 0 N–H and O–H groups in total. The summed E-state index contributed by atoms with van der Waals surface area (Å²) in [5, 5.41) is 0. The summed E-state index contributed by atoms with van der Waals surface area (Å²) in [5.41, 5.74) is 3.76. The van der Waals surface area contributed by atoms with Gasteiger partial charge in [0.25, 0.3) is 0 Å². The molecule has 0 spiro atoms. The molecular formula is C17H21N3. The van der Waals surface area contributed by atoms with Gasteiger partial charge in [-0.2, -0.15) is 0 Å². The van der Waals surface area contributed by atoms with E-state index in [1.54, 1.807) is 0 Å². The zero-order chi connectivity index (χ0) is 13.9. The molecule has 0 unspecified atom stereocenters. The molecule has 20 heavy (non-hydrogen) atoms. The van der Waals surface area contributed by atoms with Crippen LogP contribution in [-0.2, 0) is 0 Å². The molecule has 2 aromatic rings. The van der Waals surface area contributed by atoms with Crippen molar-refractivity contribution in [3.63, 3.8) is 0 Å². The van der Waals surface area contributed by atoms with Crippen LogP contribution in [0.2, 0.25) is 0 Å². The zero-order valence-corrected chi connectivity index (χ0v) is 12.2. The molecule has 1 aromatic heterocycles. The van der Waals surface area contributed by atoms with Gasteiger partial charge in [-0.1, -0.05) is 24.3 Å². The van der Waals surface area contributed by atoms with Gasteiger partial charge in [-0.3, -0.25) is 0 Å². The van der Waals surface area contributed by atoms with Crippen molar-refractivity contribution in [2.75, 3.05) is 38.1 Å². The van der Waals surface area contributed by atoms with Crippen LogP contribution in [0.5, 0.6) is 0 Å². The summed E-state index contributed by atoms with van der Waals surface area (Å²) in [7, 11) is 2.17. The van der Waals surface area contributed by atoms with Gasteiger partial charge < -0.3 is 9.80 Å². The lowest BCUT2D eigenvalue weighted by Crippen LogP contribution is -2.44. The number of aryl methyl sites for hydroxylation is 1. The Hall–Kier alpha value is -1.87. The fourth-order valence-corrected chi connectivity index (χ4v) is 2.66. The fraction of sp³-hybridized carbons (Fsp3) is 0.353. The van der Waals surface area contributed by atoms with E-state index in [0.717, 1.165) is 32.0 Å². The van der Waals surface area contributed by atoms with E-state index in [4.69, 9.17) is 0 Å². The Morgan fingerprint density at radius 1 is 0.950 bits per heavy atom. The molecule has 0 amide bonds. The molecule has 1 fully saturated rings. The van der Waals surface area contributed by atoms with Crippen LogP contribution in [0.4, 0.5) is 5.82 Å². The third-order valence-electron chi connectivity index (χ3n) is 4.03. The smallest absolute Gasteiger partial charge is 0.128 e. The van der Waals surface area contributed by atoms with Gasteiger partial charge in [-0.05, 0) is 37.2 Å². The van der Waals surface area contributed by atoms with E-state index in [2.05, 4.69) is 65.2 Å². The van der Waals surface area contributed by atoms with Crippen molar-refractivity contribution in [3.05, 3.63) is 48.2 Å². The van der Waals surface area contributed by atoms with Crippen LogP contribution >= 0.6 is 0 Å². The minimum absolute atomic E-state index is 1.06. The number of aromatic nitrogens is 1. The van der Waals surface area contributed by atoms with Gasteiger partial charge in [0, 0.05) is 37.9 Å². The zero-order valence-electron chi connectivity index (χ0n) is 12.2. The number of anilines is 1. The van der Waals surface area contributed by atoms with Crippen LogP contribution in [0.15, 0.2) is 42.6 Å². The molecule has 0 radical (unpaired) electrons. The number of likely N-dealkylation sites (N-methyl/N-ethyl adjacent to an activating group) is 1. The SMILES string of the molecule is Cc1ccccc1-c1ccc(N2CCN(C)CC2)nc1. The van der Waals surface area contributed by atoms with Crippen LogP contribution in [0.1, 0.15) is 5.56 Å². The molecule has 3 heteroatoms. The number of hydrogen-bond donors (Lipinski definition) is 0. The minimum Gasteiger partial charge on any atom is -0.354 e. The highest BCUT2D eigenvalue weighted by Crippen LogP contribution is 2.24. The topological polar surface area (TPSA) is 19.4 Å². The van der Waals surface area contributed by atoms with E-state index in [-0.39, 0.29) is 0 Å². The van der Waals surface area contributed by atoms with Crippen LogP contribution < -0.4 is 4.90 Å². The third-order valence-corrected chi connectivity index (χ3v) is 4.03. The van der Waals surface area contributed by atoms with Crippen molar-refractivity contribution < 1.29 is 0 Å². The maximum Gasteiger partial charge on any atom is 0.128 e. The Labute approximate surface area is 120 Å². The molecule has 2 heterocycles. The van der Waals surface area contributed by atoms with E-state index < -0.39 is 0 Å². The lowest BCUT2D eigenvalue weighted by Gasteiger charge is -2.33. The van der Waals surface area contributed by atoms with Crippen LogP contribution in [0.3, 0.4) is 0 Å². The van der Waals surface area contributed by atoms with Gasteiger partial charge in [-0.25, -0.2) is 4.98 Å². The van der Waals surface area contributed by atoms with Crippen molar-refractivity contribution in [1.29, 1.82) is 0 Å². The van der Waals surface area contributed by atoms with E-state index in [1.807, 2.05) is 6.20 Å². The number of benzene rings is 1. The largest absolute Gasteiger partial charge is 0.354 e. The molecular weight excluding hydrogens is 246 g/mol. The first-order chi connectivity index (χ1) is 9.74.